The molecule has 0 aliphatic heterocycles. The summed E-state index contributed by atoms with van der Waals surface area (Å²) in [6, 6.07) is 31.3. The molecule has 0 unspecified atom stereocenters. The lowest BCUT2D eigenvalue weighted by molar-refractivity contribution is 1.20. The molecule has 28 heavy (non-hydrogen) atoms. The lowest BCUT2D eigenvalue weighted by Gasteiger charge is -2.09. The fourth-order valence-electron chi connectivity index (χ4n) is 3.39. The number of hydrogen-bond acceptors (Lipinski definition) is 3. The molecule has 2 nitrogen and oxygen atoms in total. The summed E-state index contributed by atoms with van der Waals surface area (Å²) in [6.45, 7) is 0. The summed E-state index contributed by atoms with van der Waals surface area (Å²) >= 11 is 7.49. The largest absolute Gasteiger partial charge is 0.138 e. The minimum atomic E-state index is 0.732. The van der Waals surface area contributed by atoms with Gasteiger partial charge in [0.1, 0.15) is 5.52 Å². The highest BCUT2D eigenvalue weighted by atomic mass is 35.5. The van der Waals surface area contributed by atoms with E-state index in [1.807, 2.05) is 30.3 Å². The van der Waals surface area contributed by atoms with Crippen molar-refractivity contribution in [2.24, 2.45) is 0 Å². The number of fused-ring (bicyclic) bond motifs is 1. The van der Waals surface area contributed by atoms with Gasteiger partial charge in [0.2, 0.25) is 0 Å². The minimum absolute atomic E-state index is 0.732. The molecule has 0 saturated carbocycles. The SMILES string of the molecule is Clc1ccc(-c2cc(-c3ccc(-c4ccccc4)cc3)cc3nnsc23)cc1. The maximum absolute atomic E-state index is 6.07. The molecular weight excluding hydrogens is 384 g/mol. The molecule has 4 heteroatoms. The summed E-state index contributed by atoms with van der Waals surface area (Å²) < 4.78 is 5.25. The molecular formula is C24H15ClN2S. The van der Waals surface area contributed by atoms with Crippen LogP contribution in [0, 0.1) is 0 Å². The third kappa shape index (κ3) is 3.19. The number of rotatable bonds is 3. The molecule has 4 aromatic carbocycles. The van der Waals surface area contributed by atoms with Gasteiger partial charge in [-0.15, -0.1) is 5.10 Å². The van der Waals surface area contributed by atoms with Crippen LogP contribution in [0.5, 0.6) is 0 Å². The van der Waals surface area contributed by atoms with E-state index in [2.05, 4.69) is 70.3 Å². The highest BCUT2D eigenvalue weighted by Gasteiger charge is 2.11. The molecule has 0 saturated heterocycles. The maximum Gasteiger partial charge on any atom is 0.107 e. The van der Waals surface area contributed by atoms with Crippen LogP contribution in [-0.2, 0) is 0 Å². The van der Waals surface area contributed by atoms with Crippen molar-refractivity contribution in [2.75, 3.05) is 0 Å². The standard InChI is InChI=1S/C24H15ClN2S/c25-21-12-10-19(11-13-21)22-14-20(15-23-24(22)28-27-26-23)18-8-6-17(7-9-18)16-4-2-1-3-5-16/h1-15H. The second-order valence-electron chi connectivity index (χ2n) is 6.60. The topological polar surface area (TPSA) is 25.8 Å². The van der Waals surface area contributed by atoms with E-state index in [4.69, 9.17) is 11.6 Å². The van der Waals surface area contributed by atoms with E-state index in [1.54, 1.807) is 0 Å². The maximum atomic E-state index is 6.07. The first-order valence-electron chi connectivity index (χ1n) is 8.96. The van der Waals surface area contributed by atoms with Crippen molar-refractivity contribution in [3.8, 4) is 33.4 Å². The van der Waals surface area contributed by atoms with Crippen LogP contribution >= 0.6 is 23.1 Å². The van der Waals surface area contributed by atoms with Crippen LogP contribution in [0.2, 0.25) is 5.02 Å². The summed E-state index contributed by atoms with van der Waals surface area (Å²) in [5.41, 5.74) is 7.87. The quantitative estimate of drug-likeness (QED) is 0.317. The van der Waals surface area contributed by atoms with E-state index in [0.717, 1.165) is 37.5 Å². The Labute approximate surface area is 172 Å². The Morgan fingerprint density at radius 2 is 1.21 bits per heavy atom. The van der Waals surface area contributed by atoms with Crippen LogP contribution in [-0.4, -0.2) is 9.59 Å². The van der Waals surface area contributed by atoms with E-state index in [-0.39, 0.29) is 0 Å². The average molecular weight is 399 g/mol. The van der Waals surface area contributed by atoms with Crippen LogP contribution in [0.15, 0.2) is 91.0 Å². The summed E-state index contributed by atoms with van der Waals surface area (Å²) in [7, 11) is 0. The Hall–Kier alpha value is -3.01. The van der Waals surface area contributed by atoms with Gasteiger partial charge in [-0.1, -0.05) is 82.8 Å². The third-order valence-electron chi connectivity index (χ3n) is 4.83. The molecule has 0 N–H and O–H groups in total. The van der Waals surface area contributed by atoms with E-state index in [9.17, 15) is 0 Å². The molecule has 0 spiro atoms. The van der Waals surface area contributed by atoms with Gasteiger partial charge in [-0.2, -0.15) is 0 Å². The molecule has 1 aromatic heterocycles. The van der Waals surface area contributed by atoms with Crippen LogP contribution in [0.3, 0.4) is 0 Å². The van der Waals surface area contributed by atoms with Crippen molar-refractivity contribution in [1.29, 1.82) is 0 Å². The molecule has 0 radical (unpaired) electrons. The first-order chi connectivity index (χ1) is 13.8. The van der Waals surface area contributed by atoms with Crippen LogP contribution in [0.25, 0.3) is 43.6 Å². The first kappa shape index (κ1) is 17.1. The second-order valence-corrected chi connectivity index (χ2v) is 7.79. The Morgan fingerprint density at radius 1 is 0.607 bits per heavy atom. The summed E-state index contributed by atoms with van der Waals surface area (Å²) in [5.74, 6) is 0. The first-order valence-corrected chi connectivity index (χ1v) is 10.1. The molecule has 0 aliphatic carbocycles. The number of nitrogens with zero attached hydrogens (tertiary/aromatic N) is 2. The predicted octanol–water partition coefficient (Wildman–Crippen LogP) is 7.35. The third-order valence-corrected chi connectivity index (χ3v) is 5.86. The van der Waals surface area contributed by atoms with Gasteiger partial charge in [0.15, 0.2) is 0 Å². The van der Waals surface area contributed by atoms with E-state index < -0.39 is 0 Å². The van der Waals surface area contributed by atoms with E-state index in [1.165, 1.54) is 22.7 Å². The Bertz CT molecular complexity index is 1240. The zero-order chi connectivity index (χ0) is 18.9. The predicted molar refractivity (Wildman–Crippen MR) is 119 cm³/mol. The molecule has 5 rings (SSSR count). The Morgan fingerprint density at radius 3 is 1.93 bits per heavy atom. The Balaban J connectivity index is 1.60. The zero-order valence-corrected chi connectivity index (χ0v) is 16.4. The van der Waals surface area contributed by atoms with Crippen LogP contribution in [0.1, 0.15) is 0 Å². The molecule has 0 fully saturated rings. The number of hydrogen-bond donors (Lipinski definition) is 0. The summed E-state index contributed by atoms with van der Waals surface area (Å²) in [6.07, 6.45) is 0. The molecule has 134 valence electrons. The van der Waals surface area contributed by atoms with Gasteiger partial charge >= 0.3 is 0 Å². The van der Waals surface area contributed by atoms with Gasteiger partial charge < -0.3 is 0 Å². The normalized spacial score (nSPS) is 11.0. The Kier molecular flexibility index (Phi) is 4.40. The average Bonchev–Trinajstić information content (AvgIpc) is 3.23. The fraction of sp³-hybridized carbons (Fsp3) is 0. The van der Waals surface area contributed by atoms with Gasteiger partial charge in [-0.3, -0.25) is 0 Å². The number of aromatic nitrogens is 2. The van der Waals surface area contributed by atoms with Crippen molar-refractivity contribution in [1.82, 2.24) is 9.59 Å². The van der Waals surface area contributed by atoms with Crippen molar-refractivity contribution in [2.45, 2.75) is 0 Å². The van der Waals surface area contributed by atoms with Crippen molar-refractivity contribution >= 4 is 33.4 Å². The van der Waals surface area contributed by atoms with Crippen LogP contribution < -0.4 is 0 Å². The molecule has 0 aliphatic rings. The van der Waals surface area contributed by atoms with E-state index in [0.29, 0.717) is 0 Å². The minimum Gasteiger partial charge on any atom is -0.138 e. The monoisotopic (exact) mass is 398 g/mol. The zero-order valence-electron chi connectivity index (χ0n) is 14.8. The summed E-state index contributed by atoms with van der Waals surface area (Å²) in [4.78, 5) is 0. The molecule has 0 bridgehead atoms. The molecule has 1 heterocycles. The van der Waals surface area contributed by atoms with Crippen molar-refractivity contribution < 1.29 is 0 Å². The van der Waals surface area contributed by atoms with Gasteiger partial charge in [0.25, 0.3) is 0 Å². The number of halogens is 1. The smallest absolute Gasteiger partial charge is 0.107 e. The van der Waals surface area contributed by atoms with Gasteiger partial charge in [-0.05, 0) is 63.6 Å². The lowest BCUT2D eigenvalue weighted by Crippen LogP contribution is -1.84. The van der Waals surface area contributed by atoms with Crippen molar-refractivity contribution in [3.63, 3.8) is 0 Å². The van der Waals surface area contributed by atoms with Gasteiger partial charge in [-0.25, -0.2) is 0 Å². The highest BCUT2D eigenvalue weighted by Crippen LogP contribution is 2.36. The summed E-state index contributed by atoms with van der Waals surface area (Å²) in [5, 5.41) is 5.05. The number of benzene rings is 4. The fourth-order valence-corrected chi connectivity index (χ4v) is 4.19. The van der Waals surface area contributed by atoms with Gasteiger partial charge in [0.05, 0.1) is 4.70 Å². The van der Waals surface area contributed by atoms with Gasteiger partial charge in [0, 0.05) is 10.6 Å². The van der Waals surface area contributed by atoms with Crippen LogP contribution in [0.4, 0.5) is 0 Å². The lowest BCUT2D eigenvalue weighted by atomic mass is 9.96. The second kappa shape index (κ2) is 7.19. The molecule has 0 amide bonds. The van der Waals surface area contributed by atoms with E-state index >= 15 is 0 Å². The molecule has 5 aromatic rings. The van der Waals surface area contributed by atoms with Crippen molar-refractivity contribution in [3.05, 3.63) is 96.0 Å². The molecule has 0 atom stereocenters. The highest BCUT2D eigenvalue weighted by molar-refractivity contribution is 7.13.